The van der Waals surface area contributed by atoms with Gasteiger partial charge in [-0.05, 0) is 37.3 Å². The molecule has 4 heteroatoms. The van der Waals surface area contributed by atoms with Crippen LogP contribution in [0.15, 0.2) is 23.3 Å². The summed E-state index contributed by atoms with van der Waals surface area (Å²) in [5.74, 6) is 1.06. The maximum atomic E-state index is 10.1. The summed E-state index contributed by atoms with van der Waals surface area (Å²) in [5, 5.41) is 0. The summed E-state index contributed by atoms with van der Waals surface area (Å²) in [6, 6.07) is 4.00. The molecule has 0 amide bonds. The monoisotopic (exact) mass is 231 g/mol. The van der Waals surface area contributed by atoms with Crippen LogP contribution in [-0.2, 0) is 11.2 Å². The minimum atomic E-state index is 0.496. The molecule has 0 saturated carbocycles. The highest BCUT2D eigenvalue weighted by molar-refractivity contribution is 5.47. The Morgan fingerprint density at radius 3 is 2.94 bits per heavy atom. The van der Waals surface area contributed by atoms with Crippen LogP contribution in [0.25, 0.3) is 0 Å². The van der Waals surface area contributed by atoms with Gasteiger partial charge in [-0.2, -0.15) is 0 Å². The summed E-state index contributed by atoms with van der Waals surface area (Å²) in [6.07, 6.45) is 7.96. The highest BCUT2D eigenvalue weighted by Crippen LogP contribution is 2.21. The molecule has 0 N–H and O–H groups in total. The Hall–Kier alpha value is -1.67. The molecule has 0 spiro atoms. The molecule has 1 aromatic heterocycles. The maximum Gasteiger partial charge on any atom is 0.234 e. The molecule has 90 valence electrons. The number of carbonyl (C=O) groups excluding carboxylic acids is 1. The van der Waals surface area contributed by atoms with Gasteiger partial charge in [0.25, 0.3) is 0 Å². The molecule has 4 nitrogen and oxygen atoms in total. The molecule has 1 saturated heterocycles. The molecule has 0 aromatic carbocycles. The van der Waals surface area contributed by atoms with Gasteiger partial charge in [-0.3, -0.25) is 0 Å². The van der Waals surface area contributed by atoms with E-state index in [1.54, 1.807) is 6.08 Å². The normalized spacial score (nSPS) is 15.4. The van der Waals surface area contributed by atoms with E-state index in [4.69, 9.17) is 0 Å². The number of anilines is 1. The van der Waals surface area contributed by atoms with Crippen molar-refractivity contribution in [2.24, 2.45) is 4.99 Å². The van der Waals surface area contributed by atoms with Crippen LogP contribution in [0.5, 0.6) is 0 Å². The Kier molecular flexibility index (Phi) is 4.28. The molecule has 0 bridgehead atoms. The molecule has 2 rings (SSSR count). The van der Waals surface area contributed by atoms with Gasteiger partial charge < -0.3 is 4.90 Å². The summed E-state index contributed by atoms with van der Waals surface area (Å²) >= 11 is 0. The number of hydrogen-bond acceptors (Lipinski definition) is 4. The van der Waals surface area contributed by atoms with Crippen LogP contribution in [0.3, 0.4) is 0 Å². The lowest BCUT2D eigenvalue weighted by Gasteiger charge is -2.29. The highest BCUT2D eigenvalue weighted by Gasteiger charge is 2.14. The number of nitrogens with zero attached hydrogens (tertiary/aromatic N) is 3. The molecule has 0 aliphatic carbocycles. The SMILES string of the molecule is O=C=NCCc1cccnc1N1CCCCC1. The zero-order valence-electron chi connectivity index (χ0n) is 9.93. The third-order valence-corrected chi connectivity index (χ3v) is 3.08. The molecule has 1 aliphatic heterocycles. The van der Waals surface area contributed by atoms with Crippen molar-refractivity contribution in [2.75, 3.05) is 24.5 Å². The zero-order chi connectivity index (χ0) is 11.9. The van der Waals surface area contributed by atoms with Gasteiger partial charge in [-0.25, -0.2) is 14.8 Å². The van der Waals surface area contributed by atoms with Crippen LogP contribution >= 0.6 is 0 Å². The Balaban J connectivity index is 2.11. The second-order valence-corrected chi connectivity index (χ2v) is 4.26. The second kappa shape index (κ2) is 6.16. The second-order valence-electron chi connectivity index (χ2n) is 4.26. The number of hydrogen-bond donors (Lipinski definition) is 0. The van der Waals surface area contributed by atoms with Gasteiger partial charge in [-0.15, -0.1) is 0 Å². The van der Waals surface area contributed by atoms with E-state index in [1.165, 1.54) is 24.8 Å². The third-order valence-electron chi connectivity index (χ3n) is 3.08. The van der Waals surface area contributed by atoms with E-state index in [-0.39, 0.29) is 0 Å². The first kappa shape index (κ1) is 11.8. The van der Waals surface area contributed by atoms with E-state index in [1.807, 2.05) is 12.3 Å². The smallest absolute Gasteiger partial charge is 0.234 e. The lowest BCUT2D eigenvalue weighted by atomic mass is 10.1. The lowest BCUT2D eigenvalue weighted by molar-refractivity contribution is 0.562. The fourth-order valence-electron chi connectivity index (χ4n) is 2.24. The van der Waals surface area contributed by atoms with Crippen molar-refractivity contribution in [3.8, 4) is 0 Å². The summed E-state index contributed by atoms with van der Waals surface area (Å²) in [5.41, 5.74) is 1.17. The Labute approximate surface area is 101 Å². The highest BCUT2D eigenvalue weighted by atomic mass is 16.1. The van der Waals surface area contributed by atoms with Crippen LogP contribution in [0.4, 0.5) is 5.82 Å². The van der Waals surface area contributed by atoms with Crippen molar-refractivity contribution in [2.45, 2.75) is 25.7 Å². The average Bonchev–Trinajstić information content (AvgIpc) is 2.41. The quantitative estimate of drug-likeness (QED) is 0.587. The predicted molar refractivity (Wildman–Crippen MR) is 67.0 cm³/mol. The van der Waals surface area contributed by atoms with Crippen LogP contribution in [0, 0.1) is 0 Å². The minimum absolute atomic E-state index is 0.496. The summed E-state index contributed by atoms with van der Waals surface area (Å²) in [6.45, 7) is 2.66. The van der Waals surface area contributed by atoms with Crippen molar-refractivity contribution >= 4 is 11.9 Å². The lowest BCUT2D eigenvalue weighted by Crippen LogP contribution is -2.31. The summed E-state index contributed by atoms with van der Waals surface area (Å²) in [7, 11) is 0. The number of pyridine rings is 1. The molecule has 1 aromatic rings. The molecule has 0 unspecified atom stereocenters. The van der Waals surface area contributed by atoms with E-state index < -0.39 is 0 Å². The number of aromatic nitrogens is 1. The zero-order valence-corrected chi connectivity index (χ0v) is 9.93. The van der Waals surface area contributed by atoms with E-state index in [0.717, 1.165) is 25.3 Å². The van der Waals surface area contributed by atoms with Gasteiger partial charge in [-0.1, -0.05) is 6.07 Å². The van der Waals surface area contributed by atoms with E-state index in [9.17, 15) is 4.79 Å². The first-order valence-corrected chi connectivity index (χ1v) is 6.14. The minimum Gasteiger partial charge on any atom is -0.356 e. The fourth-order valence-corrected chi connectivity index (χ4v) is 2.24. The average molecular weight is 231 g/mol. The number of aliphatic imine (C=N–C) groups is 1. The van der Waals surface area contributed by atoms with E-state index in [2.05, 4.69) is 20.9 Å². The topological polar surface area (TPSA) is 45.6 Å². The molecular formula is C13H17N3O. The van der Waals surface area contributed by atoms with Gasteiger partial charge in [0.2, 0.25) is 6.08 Å². The molecule has 0 atom stereocenters. The summed E-state index contributed by atoms with van der Waals surface area (Å²) in [4.78, 5) is 20.5. The van der Waals surface area contributed by atoms with Gasteiger partial charge >= 0.3 is 0 Å². The Morgan fingerprint density at radius 1 is 1.35 bits per heavy atom. The molecule has 2 heterocycles. The predicted octanol–water partition coefficient (Wildman–Crippen LogP) is 1.95. The van der Waals surface area contributed by atoms with Crippen molar-refractivity contribution in [3.05, 3.63) is 23.9 Å². The van der Waals surface area contributed by atoms with Crippen molar-refractivity contribution in [3.63, 3.8) is 0 Å². The molecule has 17 heavy (non-hydrogen) atoms. The van der Waals surface area contributed by atoms with Gasteiger partial charge in [0.1, 0.15) is 5.82 Å². The van der Waals surface area contributed by atoms with Crippen LogP contribution < -0.4 is 4.90 Å². The fraction of sp³-hybridized carbons (Fsp3) is 0.538. The first-order chi connectivity index (χ1) is 8.42. The number of isocyanates is 1. The number of piperidine rings is 1. The van der Waals surface area contributed by atoms with Gasteiger partial charge in [0, 0.05) is 19.3 Å². The van der Waals surface area contributed by atoms with Crippen molar-refractivity contribution in [1.82, 2.24) is 4.98 Å². The summed E-state index contributed by atoms with van der Waals surface area (Å²) < 4.78 is 0. The van der Waals surface area contributed by atoms with Crippen LogP contribution in [0.2, 0.25) is 0 Å². The Morgan fingerprint density at radius 2 is 2.18 bits per heavy atom. The van der Waals surface area contributed by atoms with Crippen molar-refractivity contribution in [1.29, 1.82) is 0 Å². The molecule has 0 radical (unpaired) electrons. The van der Waals surface area contributed by atoms with Gasteiger partial charge in [0.05, 0.1) is 6.54 Å². The van der Waals surface area contributed by atoms with E-state index >= 15 is 0 Å². The Bertz CT molecular complexity index is 407. The van der Waals surface area contributed by atoms with Gasteiger partial charge in [0.15, 0.2) is 0 Å². The maximum absolute atomic E-state index is 10.1. The molecular weight excluding hydrogens is 214 g/mol. The van der Waals surface area contributed by atoms with Crippen LogP contribution in [-0.4, -0.2) is 30.7 Å². The molecule has 1 aliphatic rings. The van der Waals surface area contributed by atoms with E-state index in [0.29, 0.717) is 6.54 Å². The number of rotatable bonds is 4. The largest absolute Gasteiger partial charge is 0.356 e. The third kappa shape index (κ3) is 3.14. The first-order valence-electron chi connectivity index (χ1n) is 6.14. The standard InChI is InChI=1S/C13H17N3O/c17-11-14-8-6-12-5-4-7-15-13(12)16-9-2-1-3-10-16/h4-5,7H,1-3,6,8-10H2. The van der Waals surface area contributed by atoms with Crippen LogP contribution in [0.1, 0.15) is 24.8 Å². The van der Waals surface area contributed by atoms with Crippen molar-refractivity contribution < 1.29 is 4.79 Å². The molecule has 1 fully saturated rings.